The SMILES string of the molecule is OCC1CCCCN1CC1(CNC2CC2)CCCOC1. The van der Waals surface area contributed by atoms with Crippen molar-refractivity contribution in [2.75, 3.05) is 39.5 Å². The number of piperidine rings is 1. The van der Waals surface area contributed by atoms with Crippen molar-refractivity contribution in [3.8, 4) is 0 Å². The zero-order chi connectivity index (χ0) is 13.8. The Morgan fingerprint density at radius 2 is 2.10 bits per heavy atom. The fourth-order valence-electron chi connectivity index (χ4n) is 3.78. The van der Waals surface area contributed by atoms with Gasteiger partial charge in [0.15, 0.2) is 0 Å². The van der Waals surface area contributed by atoms with E-state index in [1.54, 1.807) is 0 Å². The van der Waals surface area contributed by atoms with Gasteiger partial charge >= 0.3 is 0 Å². The van der Waals surface area contributed by atoms with Crippen LogP contribution in [-0.4, -0.2) is 61.5 Å². The normalized spacial score (nSPS) is 36.1. The van der Waals surface area contributed by atoms with Gasteiger partial charge in [-0.05, 0) is 45.1 Å². The number of rotatable bonds is 6. The van der Waals surface area contributed by atoms with E-state index in [9.17, 15) is 5.11 Å². The van der Waals surface area contributed by atoms with Gasteiger partial charge in [0.1, 0.15) is 0 Å². The van der Waals surface area contributed by atoms with E-state index in [1.807, 2.05) is 0 Å². The summed E-state index contributed by atoms with van der Waals surface area (Å²) in [6.45, 7) is 5.46. The minimum atomic E-state index is 0.269. The molecule has 0 spiro atoms. The number of hydrogen-bond acceptors (Lipinski definition) is 4. The summed E-state index contributed by atoms with van der Waals surface area (Å²) in [4.78, 5) is 2.53. The van der Waals surface area contributed by atoms with Crippen LogP contribution < -0.4 is 5.32 Å². The van der Waals surface area contributed by atoms with Crippen molar-refractivity contribution in [3.05, 3.63) is 0 Å². The highest BCUT2D eigenvalue weighted by atomic mass is 16.5. The van der Waals surface area contributed by atoms with Gasteiger partial charge in [-0.2, -0.15) is 0 Å². The second-order valence-electron chi connectivity index (χ2n) is 7.11. The van der Waals surface area contributed by atoms with Crippen LogP contribution in [0.25, 0.3) is 0 Å². The number of aliphatic hydroxyl groups excluding tert-OH is 1. The molecule has 4 heteroatoms. The first-order valence-electron chi connectivity index (χ1n) is 8.47. The monoisotopic (exact) mass is 282 g/mol. The number of aliphatic hydroxyl groups is 1. The summed E-state index contributed by atoms with van der Waals surface area (Å²) in [6, 6.07) is 1.15. The molecule has 1 saturated carbocycles. The molecule has 3 fully saturated rings. The minimum absolute atomic E-state index is 0.269. The standard InChI is InChI=1S/C16H30N2O2/c19-10-15-4-1-2-8-18(15)12-16(7-3-9-20-13-16)11-17-14-5-6-14/h14-15,17,19H,1-13H2. The summed E-state index contributed by atoms with van der Waals surface area (Å²) in [7, 11) is 0. The smallest absolute Gasteiger partial charge is 0.0586 e. The van der Waals surface area contributed by atoms with Gasteiger partial charge in [-0.1, -0.05) is 6.42 Å². The average molecular weight is 282 g/mol. The Labute approximate surface area is 122 Å². The lowest BCUT2D eigenvalue weighted by Gasteiger charge is -2.45. The highest BCUT2D eigenvalue weighted by Gasteiger charge is 2.38. The molecule has 0 radical (unpaired) electrons. The Bertz CT molecular complexity index is 301. The first-order chi connectivity index (χ1) is 9.81. The molecule has 2 saturated heterocycles. The summed E-state index contributed by atoms with van der Waals surface area (Å²) in [6.07, 6.45) is 8.85. The predicted octanol–water partition coefficient (Wildman–Crippen LogP) is 1.38. The Balaban J connectivity index is 1.61. The molecule has 3 rings (SSSR count). The van der Waals surface area contributed by atoms with Crippen molar-refractivity contribution in [3.63, 3.8) is 0 Å². The molecule has 0 amide bonds. The summed E-state index contributed by atoms with van der Waals surface area (Å²) >= 11 is 0. The fourth-order valence-corrected chi connectivity index (χ4v) is 3.78. The Hall–Kier alpha value is -0.160. The molecule has 2 N–H and O–H groups in total. The van der Waals surface area contributed by atoms with Gasteiger partial charge in [0, 0.05) is 37.2 Å². The van der Waals surface area contributed by atoms with Gasteiger partial charge in [0.2, 0.25) is 0 Å². The van der Waals surface area contributed by atoms with Crippen LogP contribution >= 0.6 is 0 Å². The number of likely N-dealkylation sites (tertiary alicyclic amines) is 1. The highest BCUT2D eigenvalue weighted by molar-refractivity contribution is 4.93. The van der Waals surface area contributed by atoms with Crippen molar-refractivity contribution in [2.45, 2.75) is 57.0 Å². The van der Waals surface area contributed by atoms with Crippen LogP contribution in [0.5, 0.6) is 0 Å². The van der Waals surface area contributed by atoms with Crippen molar-refractivity contribution in [1.29, 1.82) is 0 Å². The van der Waals surface area contributed by atoms with E-state index in [0.29, 0.717) is 12.6 Å². The molecule has 0 aromatic rings. The van der Waals surface area contributed by atoms with Crippen molar-refractivity contribution >= 4 is 0 Å². The molecule has 3 aliphatic rings. The molecule has 1 aliphatic carbocycles. The van der Waals surface area contributed by atoms with Crippen molar-refractivity contribution in [1.82, 2.24) is 10.2 Å². The zero-order valence-electron chi connectivity index (χ0n) is 12.6. The van der Waals surface area contributed by atoms with Gasteiger partial charge in [-0.25, -0.2) is 0 Å². The molecule has 2 heterocycles. The van der Waals surface area contributed by atoms with Crippen LogP contribution in [0.4, 0.5) is 0 Å². The lowest BCUT2D eigenvalue weighted by Crippen LogP contribution is -2.53. The number of hydrogen-bond donors (Lipinski definition) is 2. The lowest BCUT2D eigenvalue weighted by molar-refractivity contribution is -0.0428. The molecule has 116 valence electrons. The maximum atomic E-state index is 9.61. The third-order valence-electron chi connectivity index (χ3n) is 5.25. The third kappa shape index (κ3) is 3.73. The van der Waals surface area contributed by atoms with Crippen LogP contribution in [0.15, 0.2) is 0 Å². The maximum absolute atomic E-state index is 9.61. The van der Waals surface area contributed by atoms with Crippen molar-refractivity contribution < 1.29 is 9.84 Å². The van der Waals surface area contributed by atoms with E-state index in [2.05, 4.69) is 10.2 Å². The number of nitrogens with one attached hydrogen (secondary N) is 1. The maximum Gasteiger partial charge on any atom is 0.0586 e. The van der Waals surface area contributed by atoms with Gasteiger partial charge < -0.3 is 15.2 Å². The zero-order valence-corrected chi connectivity index (χ0v) is 12.6. The van der Waals surface area contributed by atoms with Gasteiger partial charge in [-0.3, -0.25) is 4.90 Å². The Morgan fingerprint density at radius 3 is 2.80 bits per heavy atom. The molecule has 4 nitrogen and oxygen atoms in total. The second kappa shape index (κ2) is 6.73. The van der Waals surface area contributed by atoms with E-state index in [-0.39, 0.29) is 5.41 Å². The highest BCUT2D eigenvalue weighted by Crippen LogP contribution is 2.33. The van der Waals surface area contributed by atoms with E-state index in [4.69, 9.17) is 4.74 Å². The van der Waals surface area contributed by atoms with E-state index in [0.717, 1.165) is 45.3 Å². The third-order valence-corrected chi connectivity index (χ3v) is 5.25. The van der Waals surface area contributed by atoms with Crippen LogP contribution in [0.1, 0.15) is 44.9 Å². The molecule has 20 heavy (non-hydrogen) atoms. The Morgan fingerprint density at radius 1 is 1.20 bits per heavy atom. The topological polar surface area (TPSA) is 44.7 Å². The van der Waals surface area contributed by atoms with Crippen LogP contribution in [0.2, 0.25) is 0 Å². The van der Waals surface area contributed by atoms with Gasteiger partial charge in [-0.15, -0.1) is 0 Å². The quantitative estimate of drug-likeness (QED) is 0.772. The summed E-state index contributed by atoms with van der Waals surface area (Å²) < 4.78 is 5.82. The molecular formula is C16H30N2O2. The number of ether oxygens (including phenoxy) is 1. The van der Waals surface area contributed by atoms with Crippen LogP contribution in [0, 0.1) is 5.41 Å². The molecule has 0 aromatic heterocycles. The van der Waals surface area contributed by atoms with E-state index >= 15 is 0 Å². The Kier molecular flexibility index (Phi) is 4.97. The van der Waals surface area contributed by atoms with E-state index < -0.39 is 0 Å². The molecule has 2 atom stereocenters. The first-order valence-corrected chi connectivity index (χ1v) is 8.47. The van der Waals surface area contributed by atoms with Gasteiger partial charge in [0.25, 0.3) is 0 Å². The molecule has 2 unspecified atom stereocenters. The van der Waals surface area contributed by atoms with Crippen LogP contribution in [0.3, 0.4) is 0 Å². The largest absolute Gasteiger partial charge is 0.395 e. The summed E-state index contributed by atoms with van der Waals surface area (Å²) in [5.74, 6) is 0. The molecular weight excluding hydrogens is 252 g/mol. The minimum Gasteiger partial charge on any atom is -0.395 e. The van der Waals surface area contributed by atoms with E-state index in [1.165, 1.54) is 38.5 Å². The van der Waals surface area contributed by atoms with Crippen LogP contribution in [-0.2, 0) is 4.74 Å². The molecule has 0 bridgehead atoms. The fraction of sp³-hybridized carbons (Fsp3) is 1.00. The van der Waals surface area contributed by atoms with Gasteiger partial charge in [0.05, 0.1) is 13.2 Å². The van der Waals surface area contributed by atoms with Crippen molar-refractivity contribution in [2.24, 2.45) is 5.41 Å². The molecule has 2 aliphatic heterocycles. The second-order valence-corrected chi connectivity index (χ2v) is 7.11. The lowest BCUT2D eigenvalue weighted by atomic mass is 9.80. The average Bonchev–Trinajstić information content (AvgIpc) is 3.31. The molecule has 0 aromatic carbocycles. The first kappa shape index (κ1) is 14.8. The summed E-state index contributed by atoms with van der Waals surface area (Å²) in [5.41, 5.74) is 0.269. The predicted molar refractivity (Wildman–Crippen MR) is 79.8 cm³/mol. The number of nitrogens with zero attached hydrogens (tertiary/aromatic N) is 1. The summed E-state index contributed by atoms with van der Waals surface area (Å²) in [5, 5.41) is 13.3.